The molecule has 2 aromatic rings. The highest BCUT2D eigenvalue weighted by Crippen LogP contribution is 2.41. The molecule has 34 heavy (non-hydrogen) atoms. The number of nitrogens with two attached hydrogens (primary N) is 1. The van der Waals surface area contributed by atoms with Crippen LogP contribution >= 0.6 is 58.2 Å². The summed E-state index contributed by atoms with van der Waals surface area (Å²) in [6.07, 6.45) is 1.80. The third kappa shape index (κ3) is 5.14. The summed E-state index contributed by atoms with van der Waals surface area (Å²) in [5.41, 5.74) is 7.51. The molecule has 13 nitrogen and oxygen atoms in total. The van der Waals surface area contributed by atoms with Gasteiger partial charge in [-0.15, -0.1) is 33.7 Å². The van der Waals surface area contributed by atoms with Crippen molar-refractivity contribution in [2.75, 3.05) is 29.4 Å². The Morgan fingerprint density at radius 1 is 1.47 bits per heavy atom. The van der Waals surface area contributed by atoms with Crippen molar-refractivity contribution in [1.29, 1.82) is 0 Å². The Bertz CT molecular complexity index is 1150. The third-order valence-electron chi connectivity index (χ3n) is 4.44. The summed E-state index contributed by atoms with van der Waals surface area (Å²) in [7, 11) is 0. The number of anilines is 1. The summed E-state index contributed by atoms with van der Waals surface area (Å²) in [6.45, 7) is 0. The van der Waals surface area contributed by atoms with Crippen LogP contribution in [0.5, 0.6) is 0 Å². The van der Waals surface area contributed by atoms with Crippen molar-refractivity contribution in [1.82, 2.24) is 29.8 Å². The minimum atomic E-state index is -1.20. The van der Waals surface area contributed by atoms with Gasteiger partial charge >= 0.3 is 5.97 Å². The summed E-state index contributed by atoms with van der Waals surface area (Å²) in [5, 5.41) is 23.5. The van der Waals surface area contributed by atoms with Crippen LogP contribution in [0.4, 0.5) is 5.13 Å². The van der Waals surface area contributed by atoms with Gasteiger partial charge in [-0.2, -0.15) is 9.36 Å². The zero-order valence-corrected chi connectivity index (χ0v) is 21.3. The second-order valence-corrected chi connectivity index (χ2v) is 11.3. The number of carboxylic acids is 1. The van der Waals surface area contributed by atoms with E-state index in [1.165, 1.54) is 51.5 Å². The highest BCUT2D eigenvalue weighted by molar-refractivity contribution is 8.01. The van der Waals surface area contributed by atoms with E-state index in [1.54, 1.807) is 11.8 Å². The smallest absolute Gasteiger partial charge is 0.352 e. The molecule has 180 valence electrons. The molecule has 0 aromatic carbocycles. The number of amides is 2. The molecule has 1 unspecified atom stereocenters. The molecule has 4 rings (SSSR count). The Morgan fingerprint density at radius 3 is 2.94 bits per heavy atom. The highest BCUT2D eigenvalue weighted by atomic mass is 32.2. The van der Waals surface area contributed by atoms with Gasteiger partial charge in [-0.05, 0) is 11.8 Å². The van der Waals surface area contributed by atoms with E-state index in [2.05, 4.69) is 30.0 Å². The number of thioether (sulfide) groups is 3. The fourth-order valence-corrected chi connectivity index (χ4v) is 6.60. The topological polar surface area (TPSA) is 186 Å². The number of fused-ring (bicyclic) bond motifs is 1. The quantitative estimate of drug-likeness (QED) is 0.0914. The number of carbonyl (C=O) groups excluding carboxylic acids is 2. The number of oxime groups is 1. The lowest BCUT2D eigenvalue weighted by atomic mass is 10.0. The Morgan fingerprint density at radius 2 is 2.29 bits per heavy atom. The number of aliphatic carboxylic acids is 1. The molecule has 0 saturated carbocycles. The van der Waals surface area contributed by atoms with Crippen LogP contribution in [0.15, 0.2) is 26.3 Å². The minimum absolute atomic E-state index is 0.0249. The molecule has 2 atom stereocenters. The van der Waals surface area contributed by atoms with Gasteiger partial charge in [0.05, 0.1) is 0 Å². The van der Waals surface area contributed by atoms with Crippen LogP contribution in [0.3, 0.4) is 0 Å². The molecule has 1 fully saturated rings. The van der Waals surface area contributed by atoms with Gasteiger partial charge < -0.3 is 21.0 Å². The van der Waals surface area contributed by atoms with Crippen molar-refractivity contribution >= 4 is 86.8 Å². The van der Waals surface area contributed by atoms with Crippen LogP contribution in [0.25, 0.3) is 0 Å². The predicted molar refractivity (Wildman–Crippen MR) is 131 cm³/mol. The molecule has 0 aliphatic carbocycles. The predicted octanol–water partition coefficient (Wildman–Crippen LogP) is 0.544. The summed E-state index contributed by atoms with van der Waals surface area (Å²) in [5.74, 6) is -1.55. The lowest BCUT2D eigenvalue weighted by Crippen LogP contribution is -2.71. The molecule has 0 bridgehead atoms. The number of hydrogen-bond acceptors (Lipinski definition) is 15. The van der Waals surface area contributed by atoms with Gasteiger partial charge in [-0.1, -0.05) is 28.3 Å². The Balaban J connectivity index is 1.49. The molecular formula is C16H16N8O5S5. The lowest BCUT2D eigenvalue weighted by molar-refractivity contribution is -0.150. The SMILES string of the molecule is CSCON=C(C(=O)NC1C(=O)N2C(C(=O)O)=C(CSc3nncs3)CS[C@H]12)c1nsc(N)n1. The largest absolute Gasteiger partial charge is 0.477 e. The number of hydrogen-bond donors (Lipinski definition) is 3. The maximum Gasteiger partial charge on any atom is 0.352 e. The van der Waals surface area contributed by atoms with E-state index >= 15 is 0 Å². The summed E-state index contributed by atoms with van der Waals surface area (Å²) < 4.78 is 4.69. The van der Waals surface area contributed by atoms with Crippen molar-refractivity contribution in [3.63, 3.8) is 0 Å². The van der Waals surface area contributed by atoms with Crippen LogP contribution < -0.4 is 11.1 Å². The van der Waals surface area contributed by atoms with Gasteiger partial charge in [0, 0.05) is 23.0 Å². The van der Waals surface area contributed by atoms with E-state index in [1.807, 2.05) is 0 Å². The third-order valence-corrected chi connectivity index (χ3v) is 8.61. The van der Waals surface area contributed by atoms with Crippen LogP contribution in [0, 0.1) is 0 Å². The first-order chi connectivity index (χ1) is 16.4. The number of rotatable bonds is 10. The van der Waals surface area contributed by atoms with Crippen LogP contribution in [-0.4, -0.2) is 88.2 Å². The number of aromatic nitrogens is 4. The van der Waals surface area contributed by atoms with Crippen LogP contribution in [0.2, 0.25) is 0 Å². The van der Waals surface area contributed by atoms with Gasteiger partial charge in [0.2, 0.25) is 11.5 Å². The molecule has 0 spiro atoms. The fraction of sp³-hybridized carbons (Fsp3) is 0.375. The average Bonchev–Trinajstić information content (AvgIpc) is 3.49. The van der Waals surface area contributed by atoms with E-state index in [9.17, 15) is 19.5 Å². The molecule has 0 radical (unpaired) electrons. The summed E-state index contributed by atoms with van der Waals surface area (Å²) >= 11 is 6.31. The average molecular weight is 561 g/mol. The first kappa shape index (κ1) is 24.7. The monoisotopic (exact) mass is 560 g/mol. The number of nitrogens with one attached hydrogen (secondary N) is 1. The first-order valence-corrected chi connectivity index (χ1v) is 14.4. The van der Waals surface area contributed by atoms with E-state index < -0.39 is 29.2 Å². The standard InChI is InChI=1S/C16H16N8O5S5/c1-30-5-29-22-7(10-20-15(17)34-23-10)11(25)19-8-12(26)24-9(14(27)28)6(2-31-13(8)24)3-32-16-21-18-4-33-16/h4,8,13H,2-3,5H2,1H3,(H,19,25)(H,27,28)(H2,17,20,23)/t8?,13-/m1/s1. The molecule has 18 heteroatoms. The van der Waals surface area contributed by atoms with Gasteiger partial charge in [0.15, 0.2) is 15.4 Å². The molecule has 2 amide bonds. The second kappa shape index (κ2) is 10.9. The molecule has 4 heterocycles. The van der Waals surface area contributed by atoms with Crippen molar-refractivity contribution in [3.8, 4) is 0 Å². The van der Waals surface area contributed by atoms with E-state index in [0.29, 0.717) is 21.4 Å². The van der Waals surface area contributed by atoms with E-state index in [-0.39, 0.29) is 28.3 Å². The number of nitrogen functional groups attached to an aromatic ring is 1. The van der Waals surface area contributed by atoms with Crippen LogP contribution in [0.1, 0.15) is 5.82 Å². The summed E-state index contributed by atoms with van der Waals surface area (Å²) in [6, 6.07) is -0.939. The van der Waals surface area contributed by atoms with Gasteiger partial charge in [-0.3, -0.25) is 14.5 Å². The van der Waals surface area contributed by atoms with Crippen molar-refractivity contribution in [3.05, 3.63) is 22.6 Å². The van der Waals surface area contributed by atoms with Crippen molar-refractivity contribution < 1.29 is 24.3 Å². The molecule has 2 aromatic heterocycles. The van der Waals surface area contributed by atoms with Gasteiger partial charge in [0.1, 0.15) is 22.6 Å². The van der Waals surface area contributed by atoms with Gasteiger partial charge in [0.25, 0.3) is 11.8 Å². The molecule has 2 aliphatic heterocycles. The molecule has 1 saturated heterocycles. The zero-order valence-electron chi connectivity index (χ0n) is 17.2. The summed E-state index contributed by atoms with van der Waals surface area (Å²) in [4.78, 5) is 48.1. The molecule has 4 N–H and O–H groups in total. The van der Waals surface area contributed by atoms with E-state index in [0.717, 1.165) is 11.5 Å². The van der Waals surface area contributed by atoms with Crippen molar-refractivity contribution in [2.45, 2.75) is 15.8 Å². The number of β-lactam (4-membered cyclic amide) rings is 1. The minimum Gasteiger partial charge on any atom is -0.477 e. The normalized spacial score (nSPS) is 20.1. The number of nitrogens with zero attached hydrogens (tertiary/aromatic N) is 6. The van der Waals surface area contributed by atoms with E-state index in [4.69, 9.17) is 10.6 Å². The Hall–Kier alpha value is -2.41. The Kier molecular flexibility index (Phi) is 7.91. The zero-order chi connectivity index (χ0) is 24.2. The maximum absolute atomic E-state index is 12.9. The molecular weight excluding hydrogens is 545 g/mol. The second-order valence-electron chi connectivity index (χ2n) is 6.54. The number of carbonyl (C=O) groups is 3. The maximum atomic E-state index is 12.9. The number of carboxylic acid groups (broad SMARTS) is 1. The highest BCUT2D eigenvalue weighted by Gasteiger charge is 2.54. The molecule has 2 aliphatic rings. The Labute approximate surface area is 213 Å². The van der Waals surface area contributed by atoms with Crippen molar-refractivity contribution in [2.24, 2.45) is 5.16 Å². The van der Waals surface area contributed by atoms with Gasteiger partial charge in [-0.25, -0.2) is 4.79 Å². The first-order valence-electron chi connectivity index (χ1n) is 9.29. The lowest BCUT2D eigenvalue weighted by Gasteiger charge is -2.49. The fourth-order valence-electron chi connectivity index (χ4n) is 3.04. The van der Waals surface area contributed by atoms with Crippen LogP contribution in [-0.2, 0) is 19.2 Å².